The number of hydrogen-bond donors (Lipinski definition) is 1. The van der Waals surface area contributed by atoms with E-state index in [9.17, 15) is 0 Å². The van der Waals surface area contributed by atoms with Crippen LogP contribution in [-0.4, -0.2) is 45.4 Å². The number of nitrogens with one attached hydrogen (secondary N) is 1. The molecular formula is C19H23N5O2. The Labute approximate surface area is 152 Å². The van der Waals surface area contributed by atoms with Gasteiger partial charge in [-0.15, -0.1) is 0 Å². The second-order valence-corrected chi connectivity index (χ2v) is 6.48. The van der Waals surface area contributed by atoms with Crippen molar-refractivity contribution in [2.75, 3.05) is 20.8 Å². The molecule has 0 saturated heterocycles. The van der Waals surface area contributed by atoms with Gasteiger partial charge < -0.3 is 14.0 Å². The number of ether oxygens (including phenoxy) is 2. The van der Waals surface area contributed by atoms with Crippen molar-refractivity contribution >= 4 is 0 Å². The molecule has 1 aliphatic heterocycles. The number of aromatic amines is 1. The van der Waals surface area contributed by atoms with E-state index in [0.717, 1.165) is 49.6 Å². The Kier molecular flexibility index (Phi) is 4.62. The van der Waals surface area contributed by atoms with Gasteiger partial charge in [0.1, 0.15) is 0 Å². The normalized spacial score (nSPS) is 14.7. The van der Waals surface area contributed by atoms with E-state index in [0.29, 0.717) is 5.75 Å². The number of imidazole rings is 1. The minimum atomic E-state index is 0.712. The summed E-state index contributed by atoms with van der Waals surface area (Å²) in [6.45, 7) is 3.82. The molecular weight excluding hydrogens is 330 g/mol. The molecule has 0 atom stereocenters. The molecule has 0 aliphatic carbocycles. The number of fused-ring (bicyclic) bond motifs is 1. The molecule has 0 radical (unpaired) electrons. The van der Waals surface area contributed by atoms with E-state index in [4.69, 9.17) is 9.47 Å². The molecule has 2 aromatic heterocycles. The average Bonchev–Trinajstić information content (AvgIpc) is 3.26. The van der Waals surface area contributed by atoms with Crippen molar-refractivity contribution in [2.24, 2.45) is 0 Å². The number of H-pyrrole nitrogens is 1. The van der Waals surface area contributed by atoms with Crippen LogP contribution in [0.25, 0.3) is 11.3 Å². The Morgan fingerprint density at radius 1 is 1.12 bits per heavy atom. The predicted octanol–water partition coefficient (Wildman–Crippen LogP) is 2.70. The second-order valence-electron chi connectivity index (χ2n) is 6.48. The lowest BCUT2D eigenvalue weighted by Crippen LogP contribution is -2.22. The van der Waals surface area contributed by atoms with Crippen LogP contribution in [-0.2, 0) is 19.6 Å². The van der Waals surface area contributed by atoms with Gasteiger partial charge in [0.05, 0.1) is 38.1 Å². The predicted molar refractivity (Wildman–Crippen MR) is 98.1 cm³/mol. The van der Waals surface area contributed by atoms with Crippen LogP contribution in [0.3, 0.4) is 0 Å². The number of rotatable bonds is 5. The van der Waals surface area contributed by atoms with Crippen molar-refractivity contribution < 1.29 is 9.47 Å². The summed E-state index contributed by atoms with van der Waals surface area (Å²) in [6, 6.07) is 5.92. The summed E-state index contributed by atoms with van der Waals surface area (Å²) in [4.78, 5) is 6.71. The largest absolute Gasteiger partial charge is 0.493 e. The van der Waals surface area contributed by atoms with E-state index in [1.165, 1.54) is 11.3 Å². The molecule has 0 unspecified atom stereocenters. The van der Waals surface area contributed by atoms with Crippen LogP contribution in [0, 0.1) is 0 Å². The fourth-order valence-corrected chi connectivity index (χ4v) is 3.50. The summed E-state index contributed by atoms with van der Waals surface area (Å²) in [5, 5.41) is 7.42. The van der Waals surface area contributed by atoms with Crippen molar-refractivity contribution in [3.63, 3.8) is 0 Å². The second kappa shape index (κ2) is 7.21. The third kappa shape index (κ3) is 3.17. The zero-order chi connectivity index (χ0) is 17.9. The first kappa shape index (κ1) is 16.7. The quantitative estimate of drug-likeness (QED) is 0.764. The molecule has 3 aromatic rings. The maximum absolute atomic E-state index is 5.43. The first-order chi connectivity index (χ1) is 12.8. The molecule has 4 rings (SSSR count). The van der Waals surface area contributed by atoms with Gasteiger partial charge >= 0.3 is 0 Å². The average molecular weight is 353 g/mol. The molecule has 7 heteroatoms. The van der Waals surface area contributed by atoms with Gasteiger partial charge in [-0.05, 0) is 24.6 Å². The zero-order valence-corrected chi connectivity index (χ0v) is 15.1. The van der Waals surface area contributed by atoms with Crippen molar-refractivity contribution in [1.82, 2.24) is 24.6 Å². The lowest BCUT2D eigenvalue weighted by molar-refractivity contribution is 0.261. The van der Waals surface area contributed by atoms with Gasteiger partial charge in [-0.1, -0.05) is 0 Å². The molecule has 0 spiro atoms. The van der Waals surface area contributed by atoms with Gasteiger partial charge in [0.25, 0.3) is 0 Å². The Morgan fingerprint density at radius 2 is 2.00 bits per heavy atom. The van der Waals surface area contributed by atoms with Crippen molar-refractivity contribution in [3.8, 4) is 22.8 Å². The van der Waals surface area contributed by atoms with Crippen LogP contribution in [0.5, 0.6) is 11.5 Å². The van der Waals surface area contributed by atoms with Crippen LogP contribution >= 0.6 is 0 Å². The van der Waals surface area contributed by atoms with Crippen LogP contribution in [0.1, 0.15) is 17.7 Å². The Morgan fingerprint density at radius 3 is 2.85 bits per heavy atom. The molecule has 136 valence electrons. The fourth-order valence-electron chi connectivity index (χ4n) is 3.50. The maximum Gasteiger partial charge on any atom is 0.161 e. The molecule has 1 aromatic carbocycles. The minimum absolute atomic E-state index is 0.712. The van der Waals surface area contributed by atoms with Crippen LogP contribution in [0.15, 0.2) is 36.9 Å². The van der Waals surface area contributed by atoms with E-state index in [1.54, 1.807) is 14.2 Å². The number of aryl methyl sites for hydroxylation is 1. The number of nitrogens with zero attached hydrogens (tertiary/aromatic N) is 4. The van der Waals surface area contributed by atoms with E-state index >= 15 is 0 Å². The molecule has 0 bridgehead atoms. The Hall–Kier alpha value is -2.80. The highest BCUT2D eigenvalue weighted by molar-refractivity contribution is 5.66. The lowest BCUT2D eigenvalue weighted by atomic mass is 10.1. The smallest absolute Gasteiger partial charge is 0.161 e. The standard InChI is InChI=1S/C19H23N5O2/c1-25-17-5-4-14(8-18(17)26-2)19-15(9-21-22-19)11-23-6-3-7-24-13-20-10-16(24)12-23/h4-5,8-10,13H,3,6-7,11-12H2,1-2H3,(H,21,22). The number of benzene rings is 1. The van der Waals surface area contributed by atoms with Crippen molar-refractivity contribution in [1.29, 1.82) is 0 Å². The monoisotopic (exact) mass is 353 g/mol. The summed E-state index contributed by atoms with van der Waals surface area (Å²) >= 11 is 0. The molecule has 0 amide bonds. The van der Waals surface area contributed by atoms with Gasteiger partial charge in [-0.2, -0.15) is 5.10 Å². The van der Waals surface area contributed by atoms with Crippen molar-refractivity contribution in [2.45, 2.75) is 26.1 Å². The topological polar surface area (TPSA) is 68.2 Å². The summed E-state index contributed by atoms with van der Waals surface area (Å²) in [7, 11) is 3.29. The highest BCUT2D eigenvalue weighted by Gasteiger charge is 2.18. The Balaban J connectivity index is 1.58. The summed E-state index contributed by atoms with van der Waals surface area (Å²) < 4.78 is 13.0. The zero-order valence-electron chi connectivity index (χ0n) is 15.1. The third-order valence-electron chi connectivity index (χ3n) is 4.84. The van der Waals surface area contributed by atoms with E-state index < -0.39 is 0 Å². The lowest BCUT2D eigenvalue weighted by Gasteiger charge is -2.19. The van der Waals surface area contributed by atoms with Crippen LogP contribution in [0.2, 0.25) is 0 Å². The van der Waals surface area contributed by atoms with Gasteiger partial charge in [0.2, 0.25) is 0 Å². The minimum Gasteiger partial charge on any atom is -0.493 e. The first-order valence-corrected chi connectivity index (χ1v) is 8.74. The van der Waals surface area contributed by atoms with Crippen molar-refractivity contribution in [3.05, 3.63) is 48.2 Å². The van der Waals surface area contributed by atoms with Gasteiger partial charge in [0, 0.05) is 43.5 Å². The van der Waals surface area contributed by atoms with Gasteiger partial charge in [-0.25, -0.2) is 4.98 Å². The summed E-state index contributed by atoms with van der Waals surface area (Å²) in [6.07, 6.45) is 6.91. The van der Waals surface area contributed by atoms with E-state index in [-0.39, 0.29) is 0 Å². The number of hydrogen-bond acceptors (Lipinski definition) is 5. The molecule has 1 aliphatic rings. The summed E-state index contributed by atoms with van der Waals surface area (Å²) in [5.74, 6) is 1.43. The van der Waals surface area contributed by atoms with Gasteiger partial charge in [0.15, 0.2) is 11.5 Å². The highest BCUT2D eigenvalue weighted by Crippen LogP contribution is 2.33. The molecule has 0 saturated carbocycles. The first-order valence-electron chi connectivity index (χ1n) is 8.74. The number of aromatic nitrogens is 4. The third-order valence-corrected chi connectivity index (χ3v) is 4.84. The Bertz CT molecular complexity index is 886. The van der Waals surface area contributed by atoms with Gasteiger partial charge in [-0.3, -0.25) is 10.00 Å². The molecule has 3 heterocycles. The van der Waals surface area contributed by atoms with Crippen LogP contribution in [0.4, 0.5) is 0 Å². The SMILES string of the molecule is COc1ccc(-c2[nH]ncc2CN2CCCn3cncc3C2)cc1OC. The van der Waals surface area contributed by atoms with E-state index in [1.807, 2.05) is 36.9 Å². The molecule has 0 fully saturated rings. The fraction of sp³-hybridized carbons (Fsp3) is 0.368. The van der Waals surface area contributed by atoms with E-state index in [2.05, 4.69) is 24.6 Å². The molecule has 7 nitrogen and oxygen atoms in total. The molecule has 1 N–H and O–H groups in total. The summed E-state index contributed by atoms with van der Waals surface area (Å²) in [5.41, 5.74) is 4.49. The maximum atomic E-state index is 5.43. The van der Waals surface area contributed by atoms with Crippen LogP contribution < -0.4 is 9.47 Å². The number of methoxy groups -OCH3 is 2. The highest BCUT2D eigenvalue weighted by atomic mass is 16.5. The molecule has 26 heavy (non-hydrogen) atoms.